The Balaban J connectivity index is 1.59. The van der Waals surface area contributed by atoms with Crippen molar-refractivity contribution < 1.29 is 9.53 Å². The Kier molecular flexibility index (Phi) is 3.81. The number of hydrogen-bond acceptors (Lipinski definition) is 4. The first-order valence-electron chi connectivity index (χ1n) is 7.40. The molecule has 5 nitrogen and oxygen atoms in total. The number of ether oxygens (including phenoxy) is 1. The van der Waals surface area contributed by atoms with Crippen LogP contribution in [0.25, 0.3) is 0 Å². The molecule has 2 aliphatic heterocycles. The fraction of sp³-hybridized carbons (Fsp3) is 0.667. The molecule has 0 saturated carbocycles. The van der Waals surface area contributed by atoms with Gasteiger partial charge in [0.05, 0.1) is 7.11 Å². The van der Waals surface area contributed by atoms with Crippen LogP contribution in [0.4, 0.5) is 0 Å². The lowest BCUT2D eigenvalue weighted by Gasteiger charge is -2.33. The second-order valence-corrected chi connectivity index (χ2v) is 6.10. The van der Waals surface area contributed by atoms with Crippen molar-refractivity contribution in [2.45, 2.75) is 25.8 Å². The smallest absolute Gasteiger partial charge is 0.354 e. The zero-order chi connectivity index (χ0) is 14.0. The third kappa shape index (κ3) is 2.74. The molecular formula is C15H23N3O2. The molecule has 0 aliphatic carbocycles. The van der Waals surface area contributed by atoms with E-state index in [1.165, 1.54) is 32.9 Å². The monoisotopic (exact) mass is 277 g/mol. The molecule has 3 heterocycles. The number of esters is 1. The van der Waals surface area contributed by atoms with E-state index in [2.05, 4.69) is 15.2 Å². The molecule has 0 unspecified atom stereocenters. The van der Waals surface area contributed by atoms with Crippen molar-refractivity contribution in [1.29, 1.82) is 0 Å². The van der Waals surface area contributed by atoms with Crippen molar-refractivity contribution in [3.63, 3.8) is 0 Å². The van der Waals surface area contributed by atoms with Crippen molar-refractivity contribution in [2.75, 3.05) is 33.3 Å². The molecule has 1 aromatic rings. The summed E-state index contributed by atoms with van der Waals surface area (Å²) >= 11 is 0. The zero-order valence-electron chi connectivity index (χ0n) is 12.1. The van der Waals surface area contributed by atoms with Gasteiger partial charge < -0.3 is 15.0 Å². The highest BCUT2D eigenvalue weighted by Gasteiger charge is 2.38. The number of nitrogens with one attached hydrogen (secondary N) is 2. The first-order valence-corrected chi connectivity index (χ1v) is 7.40. The molecule has 1 spiro atoms. The molecule has 2 N–H and O–H groups in total. The summed E-state index contributed by atoms with van der Waals surface area (Å²) < 4.78 is 4.72. The Morgan fingerprint density at radius 2 is 2.15 bits per heavy atom. The molecule has 0 aromatic carbocycles. The van der Waals surface area contributed by atoms with Crippen LogP contribution in [-0.2, 0) is 11.3 Å². The van der Waals surface area contributed by atoms with E-state index in [1.807, 2.05) is 6.07 Å². The number of carbonyl (C=O) groups is 1. The minimum Gasteiger partial charge on any atom is -0.464 e. The van der Waals surface area contributed by atoms with E-state index >= 15 is 0 Å². The summed E-state index contributed by atoms with van der Waals surface area (Å²) in [4.78, 5) is 17.1. The molecule has 2 saturated heterocycles. The number of H-pyrrole nitrogens is 1. The number of aromatic nitrogens is 1. The van der Waals surface area contributed by atoms with Crippen LogP contribution in [0.15, 0.2) is 12.1 Å². The normalized spacial score (nSPS) is 22.2. The molecule has 0 bridgehead atoms. The van der Waals surface area contributed by atoms with E-state index in [0.29, 0.717) is 11.1 Å². The van der Waals surface area contributed by atoms with Crippen LogP contribution in [-0.4, -0.2) is 49.1 Å². The Morgan fingerprint density at radius 3 is 2.90 bits per heavy atom. The number of likely N-dealkylation sites (tertiary alicyclic amines) is 1. The second-order valence-electron chi connectivity index (χ2n) is 6.10. The molecule has 0 radical (unpaired) electrons. The van der Waals surface area contributed by atoms with Gasteiger partial charge in [0.1, 0.15) is 5.69 Å². The summed E-state index contributed by atoms with van der Waals surface area (Å²) in [7, 11) is 1.41. The number of aromatic amines is 1. The molecule has 0 atom stereocenters. The second kappa shape index (κ2) is 5.58. The number of nitrogens with zero attached hydrogens (tertiary/aromatic N) is 1. The van der Waals surface area contributed by atoms with E-state index in [4.69, 9.17) is 4.74 Å². The van der Waals surface area contributed by atoms with Crippen LogP contribution in [0.5, 0.6) is 0 Å². The summed E-state index contributed by atoms with van der Waals surface area (Å²) in [5.74, 6) is -0.299. The average Bonchev–Trinajstić information content (AvgIpc) is 3.07. The standard InChI is InChI=1S/C15H23N3O2/c1-20-14(19)13-3-2-12(17-13)10-18-9-6-15(11-18)4-7-16-8-5-15/h2-3,16-17H,4-11H2,1H3. The fourth-order valence-electron chi connectivity index (χ4n) is 3.53. The van der Waals surface area contributed by atoms with Crippen LogP contribution in [0, 0.1) is 5.41 Å². The molecule has 5 heteroatoms. The largest absolute Gasteiger partial charge is 0.464 e. The van der Waals surface area contributed by atoms with Crippen LogP contribution < -0.4 is 5.32 Å². The van der Waals surface area contributed by atoms with Crippen LogP contribution in [0.2, 0.25) is 0 Å². The number of carbonyl (C=O) groups excluding carboxylic acids is 1. The molecule has 110 valence electrons. The molecule has 2 aliphatic rings. The first kappa shape index (κ1) is 13.6. The molecule has 2 fully saturated rings. The summed E-state index contributed by atoms with van der Waals surface area (Å²) in [6.45, 7) is 5.55. The maximum atomic E-state index is 11.4. The van der Waals surface area contributed by atoms with Gasteiger partial charge in [-0.15, -0.1) is 0 Å². The van der Waals surface area contributed by atoms with Crippen molar-refractivity contribution in [3.8, 4) is 0 Å². The molecule has 1 aromatic heterocycles. The van der Waals surface area contributed by atoms with Crippen LogP contribution >= 0.6 is 0 Å². The van der Waals surface area contributed by atoms with Gasteiger partial charge in [0.15, 0.2) is 0 Å². The highest BCUT2D eigenvalue weighted by molar-refractivity contribution is 5.87. The fourth-order valence-corrected chi connectivity index (χ4v) is 3.53. The first-order chi connectivity index (χ1) is 9.71. The van der Waals surface area contributed by atoms with Gasteiger partial charge in [-0.25, -0.2) is 4.79 Å². The Labute approximate surface area is 119 Å². The maximum Gasteiger partial charge on any atom is 0.354 e. The van der Waals surface area contributed by atoms with Crippen molar-refractivity contribution in [3.05, 3.63) is 23.5 Å². The van der Waals surface area contributed by atoms with E-state index in [-0.39, 0.29) is 5.97 Å². The van der Waals surface area contributed by atoms with Gasteiger partial charge in [0, 0.05) is 18.8 Å². The Hall–Kier alpha value is -1.33. The lowest BCUT2D eigenvalue weighted by molar-refractivity contribution is 0.0594. The predicted molar refractivity (Wildman–Crippen MR) is 76.6 cm³/mol. The maximum absolute atomic E-state index is 11.4. The van der Waals surface area contributed by atoms with E-state index in [1.54, 1.807) is 6.07 Å². The van der Waals surface area contributed by atoms with Gasteiger partial charge >= 0.3 is 5.97 Å². The Morgan fingerprint density at radius 1 is 1.35 bits per heavy atom. The number of rotatable bonds is 3. The van der Waals surface area contributed by atoms with Crippen molar-refractivity contribution in [1.82, 2.24) is 15.2 Å². The summed E-state index contributed by atoms with van der Waals surface area (Å²) in [6.07, 6.45) is 3.89. The minimum atomic E-state index is -0.299. The van der Waals surface area contributed by atoms with E-state index in [9.17, 15) is 4.79 Å². The Bertz CT molecular complexity index is 477. The quantitative estimate of drug-likeness (QED) is 0.820. The number of piperidine rings is 1. The number of hydrogen-bond donors (Lipinski definition) is 2. The van der Waals surface area contributed by atoms with Crippen molar-refractivity contribution >= 4 is 5.97 Å². The van der Waals surface area contributed by atoms with E-state index in [0.717, 1.165) is 31.9 Å². The molecule has 20 heavy (non-hydrogen) atoms. The lowest BCUT2D eigenvalue weighted by Crippen LogP contribution is -2.38. The van der Waals surface area contributed by atoms with Gasteiger partial charge in [-0.2, -0.15) is 0 Å². The van der Waals surface area contributed by atoms with Crippen LogP contribution in [0.1, 0.15) is 35.4 Å². The highest BCUT2D eigenvalue weighted by atomic mass is 16.5. The lowest BCUT2D eigenvalue weighted by atomic mass is 9.78. The zero-order valence-corrected chi connectivity index (χ0v) is 12.1. The van der Waals surface area contributed by atoms with Crippen molar-refractivity contribution in [2.24, 2.45) is 5.41 Å². The van der Waals surface area contributed by atoms with E-state index < -0.39 is 0 Å². The summed E-state index contributed by atoms with van der Waals surface area (Å²) in [5, 5.41) is 3.45. The minimum absolute atomic E-state index is 0.299. The van der Waals surface area contributed by atoms with Gasteiger partial charge in [0.2, 0.25) is 0 Å². The predicted octanol–water partition coefficient (Wildman–Crippen LogP) is 1.38. The SMILES string of the molecule is COC(=O)c1ccc(CN2CCC3(CCNCC3)C2)[nH]1. The van der Waals surface area contributed by atoms with Gasteiger partial charge in [-0.1, -0.05) is 0 Å². The van der Waals surface area contributed by atoms with Crippen LogP contribution in [0.3, 0.4) is 0 Å². The highest BCUT2D eigenvalue weighted by Crippen LogP contribution is 2.38. The molecule has 3 rings (SSSR count). The van der Waals surface area contributed by atoms with Gasteiger partial charge in [-0.05, 0) is 56.4 Å². The number of methoxy groups -OCH3 is 1. The third-order valence-electron chi connectivity index (χ3n) is 4.73. The summed E-state index contributed by atoms with van der Waals surface area (Å²) in [6, 6.07) is 3.79. The van der Waals surface area contributed by atoms with Gasteiger partial charge in [0.25, 0.3) is 0 Å². The topological polar surface area (TPSA) is 57.4 Å². The molecule has 0 amide bonds. The average molecular weight is 277 g/mol. The van der Waals surface area contributed by atoms with Gasteiger partial charge in [-0.3, -0.25) is 4.90 Å². The third-order valence-corrected chi connectivity index (χ3v) is 4.73. The summed E-state index contributed by atoms with van der Waals surface area (Å²) in [5.41, 5.74) is 2.16. The molecular weight excluding hydrogens is 254 g/mol.